The predicted molar refractivity (Wildman–Crippen MR) is 45.3 cm³/mol. The van der Waals surface area contributed by atoms with Crippen LogP contribution in [0.25, 0.3) is 0 Å². The Balaban J connectivity index is 2.51. The van der Waals surface area contributed by atoms with Crippen LogP contribution < -0.4 is 5.73 Å². The number of hydrogen-bond donors (Lipinski definition) is 1. The van der Waals surface area contributed by atoms with E-state index >= 15 is 0 Å². The zero-order chi connectivity index (χ0) is 8.10. The van der Waals surface area contributed by atoms with Crippen LogP contribution in [0.1, 0.15) is 18.9 Å². The van der Waals surface area contributed by atoms with Crippen LogP contribution in [0.4, 0.5) is 0 Å². The highest BCUT2D eigenvalue weighted by molar-refractivity contribution is 5.03. The van der Waals surface area contributed by atoms with Gasteiger partial charge in [-0.25, -0.2) is 0 Å². The molecule has 0 aliphatic carbocycles. The van der Waals surface area contributed by atoms with Gasteiger partial charge in [0.25, 0.3) is 0 Å². The first-order valence-corrected chi connectivity index (χ1v) is 4.08. The normalized spacial score (nSPS) is 10.4. The first-order valence-electron chi connectivity index (χ1n) is 4.08. The topological polar surface area (TPSA) is 43.8 Å². The van der Waals surface area contributed by atoms with Gasteiger partial charge in [0.2, 0.25) is 0 Å². The van der Waals surface area contributed by atoms with Crippen molar-refractivity contribution in [3.8, 4) is 0 Å². The van der Waals surface area contributed by atoms with Crippen molar-refractivity contribution in [2.24, 2.45) is 5.73 Å². The Morgan fingerprint density at radius 1 is 1.64 bits per heavy atom. The fraction of sp³-hybridized carbons (Fsp3) is 0.625. The van der Waals surface area contributed by atoms with E-state index in [1.807, 2.05) is 10.9 Å². The molecule has 0 aromatic carbocycles. The number of nitrogens with zero attached hydrogens (tertiary/aromatic N) is 2. The van der Waals surface area contributed by atoms with Gasteiger partial charge in [-0.15, -0.1) is 0 Å². The smallest absolute Gasteiger partial charge is 0.0522 e. The molecule has 3 heteroatoms. The molecule has 1 aromatic rings. The highest BCUT2D eigenvalue weighted by Crippen LogP contribution is 1.98. The molecular weight excluding hydrogens is 138 g/mol. The fourth-order valence-corrected chi connectivity index (χ4v) is 1.05. The number of hydrogen-bond acceptors (Lipinski definition) is 2. The maximum absolute atomic E-state index is 5.41. The third-order valence-electron chi connectivity index (χ3n) is 1.57. The third kappa shape index (κ3) is 2.35. The Bertz CT molecular complexity index is 184. The van der Waals surface area contributed by atoms with Crippen LogP contribution in [-0.4, -0.2) is 16.3 Å². The van der Waals surface area contributed by atoms with Gasteiger partial charge in [0.05, 0.1) is 6.20 Å². The average Bonchev–Trinajstić information content (AvgIpc) is 2.38. The number of aromatic nitrogens is 2. The van der Waals surface area contributed by atoms with Gasteiger partial charge in [-0.05, 0) is 24.9 Å². The second kappa shape index (κ2) is 4.13. The summed E-state index contributed by atoms with van der Waals surface area (Å²) in [7, 11) is 0. The summed E-state index contributed by atoms with van der Waals surface area (Å²) >= 11 is 0. The largest absolute Gasteiger partial charge is 0.330 e. The molecule has 62 valence electrons. The molecule has 0 aliphatic rings. The molecular formula is C8H15N3. The van der Waals surface area contributed by atoms with E-state index in [-0.39, 0.29) is 0 Å². The molecule has 0 atom stereocenters. The molecule has 11 heavy (non-hydrogen) atoms. The van der Waals surface area contributed by atoms with Crippen LogP contribution in [0.15, 0.2) is 12.4 Å². The first-order chi connectivity index (χ1) is 5.36. The van der Waals surface area contributed by atoms with E-state index in [1.54, 1.807) is 0 Å². The van der Waals surface area contributed by atoms with Gasteiger partial charge in [-0.1, -0.05) is 6.92 Å². The van der Waals surface area contributed by atoms with E-state index < -0.39 is 0 Å². The Morgan fingerprint density at radius 3 is 3.09 bits per heavy atom. The van der Waals surface area contributed by atoms with Crippen molar-refractivity contribution in [1.29, 1.82) is 0 Å². The van der Waals surface area contributed by atoms with Crippen LogP contribution in [0, 0.1) is 0 Å². The summed E-state index contributed by atoms with van der Waals surface area (Å²) in [5, 5.41) is 4.19. The molecule has 2 N–H and O–H groups in total. The van der Waals surface area contributed by atoms with E-state index in [0.29, 0.717) is 6.54 Å². The van der Waals surface area contributed by atoms with Crippen molar-refractivity contribution in [3.05, 3.63) is 18.0 Å². The van der Waals surface area contributed by atoms with Crippen molar-refractivity contribution in [1.82, 2.24) is 9.78 Å². The van der Waals surface area contributed by atoms with Gasteiger partial charge >= 0.3 is 0 Å². The molecule has 3 nitrogen and oxygen atoms in total. The lowest BCUT2D eigenvalue weighted by Gasteiger charge is -1.94. The SMILES string of the molecule is CCCn1cc(CCN)cn1. The molecule has 0 unspecified atom stereocenters. The number of rotatable bonds is 4. The molecule has 0 bridgehead atoms. The lowest BCUT2D eigenvalue weighted by atomic mass is 10.3. The Kier molecular flexibility index (Phi) is 3.11. The maximum atomic E-state index is 5.41. The summed E-state index contributed by atoms with van der Waals surface area (Å²) in [5.41, 5.74) is 6.64. The minimum absolute atomic E-state index is 0.706. The Labute approximate surface area is 67.2 Å². The van der Waals surface area contributed by atoms with Crippen LogP contribution in [0.2, 0.25) is 0 Å². The predicted octanol–water partition coefficient (Wildman–Crippen LogP) is 0.794. The summed E-state index contributed by atoms with van der Waals surface area (Å²) in [6.07, 6.45) is 6.02. The van der Waals surface area contributed by atoms with E-state index in [2.05, 4.69) is 18.2 Å². The first kappa shape index (κ1) is 8.27. The number of aryl methyl sites for hydroxylation is 1. The van der Waals surface area contributed by atoms with E-state index in [0.717, 1.165) is 19.4 Å². The molecule has 0 spiro atoms. The van der Waals surface area contributed by atoms with Gasteiger partial charge in [0.1, 0.15) is 0 Å². The van der Waals surface area contributed by atoms with Crippen molar-refractivity contribution < 1.29 is 0 Å². The van der Waals surface area contributed by atoms with Crippen molar-refractivity contribution in [3.63, 3.8) is 0 Å². The van der Waals surface area contributed by atoms with Crippen molar-refractivity contribution >= 4 is 0 Å². The Hall–Kier alpha value is -0.830. The summed E-state index contributed by atoms with van der Waals surface area (Å²) in [5.74, 6) is 0. The molecule has 0 fully saturated rings. The van der Waals surface area contributed by atoms with Gasteiger partial charge in [-0.2, -0.15) is 5.10 Å². The summed E-state index contributed by atoms with van der Waals surface area (Å²) < 4.78 is 1.96. The maximum Gasteiger partial charge on any atom is 0.0522 e. The van der Waals surface area contributed by atoms with Gasteiger partial charge in [0.15, 0.2) is 0 Å². The molecule has 0 saturated carbocycles. The van der Waals surface area contributed by atoms with Crippen LogP contribution in [-0.2, 0) is 13.0 Å². The van der Waals surface area contributed by atoms with Crippen LogP contribution in [0.5, 0.6) is 0 Å². The lowest BCUT2D eigenvalue weighted by Crippen LogP contribution is -2.01. The standard InChI is InChI=1S/C8H15N3/c1-2-5-11-7-8(3-4-9)6-10-11/h6-7H,2-5,9H2,1H3. The molecule has 0 saturated heterocycles. The van der Waals surface area contributed by atoms with E-state index in [4.69, 9.17) is 5.73 Å². The van der Waals surface area contributed by atoms with E-state index in [9.17, 15) is 0 Å². The Morgan fingerprint density at radius 2 is 2.45 bits per heavy atom. The highest BCUT2D eigenvalue weighted by atomic mass is 15.3. The van der Waals surface area contributed by atoms with Gasteiger partial charge in [0, 0.05) is 12.7 Å². The van der Waals surface area contributed by atoms with Crippen LogP contribution in [0.3, 0.4) is 0 Å². The van der Waals surface area contributed by atoms with Gasteiger partial charge in [-0.3, -0.25) is 4.68 Å². The quantitative estimate of drug-likeness (QED) is 0.695. The second-order valence-corrected chi connectivity index (χ2v) is 2.65. The summed E-state index contributed by atoms with van der Waals surface area (Å²) in [4.78, 5) is 0. The molecule has 0 aliphatic heterocycles. The summed E-state index contributed by atoms with van der Waals surface area (Å²) in [6.45, 7) is 3.85. The lowest BCUT2D eigenvalue weighted by molar-refractivity contribution is 0.602. The van der Waals surface area contributed by atoms with E-state index in [1.165, 1.54) is 5.56 Å². The average molecular weight is 153 g/mol. The molecule has 1 rings (SSSR count). The second-order valence-electron chi connectivity index (χ2n) is 2.65. The van der Waals surface area contributed by atoms with Crippen LogP contribution >= 0.6 is 0 Å². The zero-order valence-electron chi connectivity index (χ0n) is 6.95. The molecule has 1 aromatic heterocycles. The minimum Gasteiger partial charge on any atom is -0.330 e. The molecule has 0 radical (unpaired) electrons. The molecule has 1 heterocycles. The summed E-state index contributed by atoms with van der Waals surface area (Å²) in [6, 6.07) is 0. The van der Waals surface area contributed by atoms with Gasteiger partial charge < -0.3 is 5.73 Å². The number of nitrogens with two attached hydrogens (primary N) is 1. The molecule has 0 amide bonds. The van der Waals surface area contributed by atoms with Crippen molar-refractivity contribution in [2.45, 2.75) is 26.3 Å². The zero-order valence-corrected chi connectivity index (χ0v) is 6.95. The van der Waals surface area contributed by atoms with Crippen molar-refractivity contribution in [2.75, 3.05) is 6.54 Å². The fourth-order valence-electron chi connectivity index (χ4n) is 1.05. The third-order valence-corrected chi connectivity index (χ3v) is 1.57. The highest BCUT2D eigenvalue weighted by Gasteiger charge is 1.94. The monoisotopic (exact) mass is 153 g/mol. The minimum atomic E-state index is 0.706.